The minimum absolute atomic E-state index is 0.362. The summed E-state index contributed by atoms with van der Waals surface area (Å²) in [5.41, 5.74) is 8.52. The zero-order valence-corrected chi connectivity index (χ0v) is 10.9. The van der Waals surface area contributed by atoms with Crippen molar-refractivity contribution in [3.63, 3.8) is 0 Å². The fraction of sp³-hybridized carbons (Fsp3) is 0.267. The summed E-state index contributed by atoms with van der Waals surface area (Å²) in [5.74, 6) is 0.362. The first-order valence-corrected chi connectivity index (χ1v) is 5.94. The van der Waals surface area contributed by atoms with Gasteiger partial charge in [-0.25, -0.2) is 4.98 Å². The van der Waals surface area contributed by atoms with Crippen LogP contribution in [-0.4, -0.2) is 10.1 Å². The molecule has 1 aromatic heterocycles. The highest BCUT2D eigenvalue weighted by Gasteiger charge is 2.28. The number of nitrogen functional groups attached to an aromatic ring is 1. The molecule has 1 aromatic carbocycles. The van der Waals surface area contributed by atoms with Crippen LogP contribution in [0.3, 0.4) is 0 Å². The zero-order chi connectivity index (χ0) is 13.3. The lowest BCUT2D eigenvalue weighted by Gasteiger charge is -2.26. The van der Waals surface area contributed by atoms with Gasteiger partial charge >= 0.3 is 0 Å². The SMILES string of the molecule is Cc1ccc(C(C)(O)c2cccnc2N)cc1C. The summed E-state index contributed by atoms with van der Waals surface area (Å²) in [6, 6.07) is 9.50. The van der Waals surface area contributed by atoms with Gasteiger partial charge in [0.15, 0.2) is 0 Å². The first-order chi connectivity index (χ1) is 8.43. The molecule has 2 rings (SSSR count). The van der Waals surface area contributed by atoms with E-state index in [0.29, 0.717) is 11.4 Å². The molecule has 0 bridgehead atoms. The lowest BCUT2D eigenvalue weighted by Crippen LogP contribution is -2.24. The van der Waals surface area contributed by atoms with Crippen LogP contribution in [0.4, 0.5) is 5.82 Å². The smallest absolute Gasteiger partial charge is 0.129 e. The first kappa shape index (κ1) is 12.6. The molecule has 3 N–H and O–H groups in total. The molecule has 1 unspecified atom stereocenters. The van der Waals surface area contributed by atoms with Gasteiger partial charge in [0.25, 0.3) is 0 Å². The molecule has 0 radical (unpaired) electrons. The quantitative estimate of drug-likeness (QED) is 0.850. The molecular formula is C15H18N2O. The summed E-state index contributed by atoms with van der Waals surface area (Å²) in [4.78, 5) is 4.03. The fourth-order valence-corrected chi connectivity index (χ4v) is 2.03. The van der Waals surface area contributed by atoms with E-state index in [0.717, 1.165) is 11.1 Å². The van der Waals surface area contributed by atoms with Gasteiger partial charge in [0.1, 0.15) is 11.4 Å². The topological polar surface area (TPSA) is 59.1 Å². The van der Waals surface area contributed by atoms with Gasteiger partial charge in [-0.3, -0.25) is 0 Å². The number of anilines is 1. The van der Waals surface area contributed by atoms with Gasteiger partial charge in [-0.15, -0.1) is 0 Å². The van der Waals surface area contributed by atoms with Crippen molar-refractivity contribution in [1.82, 2.24) is 4.98 Å². The lowest BCUT2D eigenvalue weighted by molar-refractivity contribution is 0.103. The zero-order valence-electron chi connectivity index (χ0n) is 10.9. The predicted molar refractivity (Wildman–Crippen MR) is 73.2 cm³/mol. The van der Waals surface area contributed by atoms with Gasteiger partial charge in [0.2, 0.25) is 0 Å². The van der Waals surface area contributed by atoms with Crippen molar-refractivity contribution in [2.24, 2.45) is 0 Å². The molecule has 18 heavy (non-hydrogen) atoms. The molecule has 1 heterocycles. The highest BCUT2D eigenvalue weighted by Crippen LogP contribution is 2.32. The standard InChI is InChI=1S/C15H18N2O/c1-10-6-7-12(9-11(10)2)15(3,18)13-5-4-8-17-14(13)16/h4-9,18H,1-3H3,(H2,16,17). The number of pyridine rings is 1. The van der Waals surface area contributed by atoms with Crippen LogP contribution >= 0.6 is 0 Å². The summed E-state index contributed by atoms with van der Waals surface area (Å²) in [5, 5.41) is 10.7. The number of aliphatic hydroxyl groups is 1. The van der Waals surface area contributed by atoms with Crippen molar-refractivity contribution in [2.45, 2.75) is 26.4 Å². The summed E-state index contributed by atoms with van der Waals surface area (Å²) < 4.78 is 0. The van der Waals surface area contributed by atoms with E-state index in [4.69, 9.17) is 5.73 Å². The molecule has 94 valence electrons. The van der Waals surface area contributed by atoms with Crippen molar-refractivity contribution in [2.75, 3.05) is 5.73 Å². The Morgan fingerprint density at radius 1 is 1.17 bits per heavy atom. The molecule has 2 aromatic rings. The Morgan fingerprint density at radius 2 is 1.89 bits per heavy atom. The number of nitrogens with zero attached hydrogens (tertiary/aromatic N) is 1. The number of rotatable bonds is 2. The maximum absolute atomic E-state index is 10.7. The van der Waals surface area contributed by atoms with E-state index in [1.54, 1.807) is 25.3 Å². The van der Waals surface area contributed by atoms with Crippen LogP contribution in [0.15, 0.2) is 36.5 Å². The number of aromatic nitrogens is 1. The van der Waals surface area contributed by atoms with Gasteiger partial charge < -0.3 is 10.8 Å². The Morgan fingerprint density at radius 3 is 2.50 bits per heavy atom. The van der Waals surface area contributed by atoms with Crippen molar-refractivity contribution >= 4 is 5.82 Å². The molecule has 0 aliphatic carbocycles. The van der Waals surface area contributed by atoms with Gasteiger partial charge in [-0.05, 0) is 43.5 Å². The first-order valence-electron chi connectivity index (χ1n) is 5.94. The van der Waals surface area contributed by atoms with E-state index in [-0.39, 0.29) is 0 Å². The molecule has 1 atom stereocenters. The van der Waals surface area contributed by atoms with Crippen LogP contribution in [0.2, 0.25) is 0 Å². The molecule has 0 spiro atoms. The highest BCUT2D eigenvalue weighted by molar-refractivity contribution is 5.48. The van der Waals surface area contributed by atoms with Gasteiger partial charge in [-0.2, -0.15) is 0 Å². The Bertz CT molecular complexity index is 576. The maximum Gasteiger partial charge on any atom is 0.129 e. The molecule has 0 aliphatic rings. The minimum atomic E-state index is -1.13. The average Bonchev–Trinajstić information content (AvgIpc) is 2.33. The normalized spacial score (nSPS) is 14.2. The van der Waals surface area contributed by atoms with Gasteiger partial charge in [0, 0.05) is 11.8 Å². The average molecular weight is 242 g/mol. The summed E-state index contributed by atoms with van der Waals surface area (Å²) >= 11 is 0. The second-order valence-corrected chi connectivity index (χ2v) is 4.81. The van der Waals surface area contributed by atoms with Gasteiger partial charge in [-0.1, -0.05) is 24.3 Å². The van der Waals surface area contributed by atoms with E-state index >= 15 is 0 Å². The Hall–Kier alpha value is -1.87. The largest absolute Gasteiger partial charge is 0.383 e. The Kier molecular flexibility index (Phi) is 3.09. The molecule has 3 nitrogen and oxygen atoms in total. The molecule has 0 fully saturated rings. The van der Waals surface area contributed by atoms with E-state index in [2.05, 4.69) is 4.98 Å². The Balaban J connectivity index is 2.54. The fourth-order valence-electron chi connectivity index (χ4n) is 2.03. The lowest BCUT2D eigenvalue weighted by atomic mass is 9.87. The molecule has 0 saturated heterocycles. The molecule has 0 amide bonds. The third-order valence-electron chi connectivity index (χ3n) is 3.43. The van der Waals surface area contributed by atoms with E-state index in [9.17, 15) is 5.11 Å². The van der Waals surface area contributed by atoms with Gasteiger partial charge in [0.05, 0.1) is 0 Å². The number of benzene rings is 1. The monoisotopic (exact) mass is 242 g/mol. The van der Waals surface area contributed by atoms with Crippen LogP contribution in [0.25, 0.3) is 0 Å². The van der Waals surface area contributed by atoms with Crippen molar-refractivity contribution < 1.29 is 5.11 Å². The minimum Gasteiger partial charge on any atom is -0.383 e. The summed E-state index contributed by atoms with van der Waals surface area (Å²) in [7, 11) is 0. The van der Waals surface area contributed by atoms with Crippen molar-refractivity contribution in [1.29, 1.82) is 0 Å². The van der Waals surface area contributed by atoms with E-state index in [1.165, 1.54) is 5.56 Å². The summed E-state index contributed by atoms with van der Waals surface area (Å²) in [6.07, 6.45) is 1.62. The number of hydrogen-bond donors (Lipinski definition) is 2. The second kappa shape index (κ2) is 4.42. The number of nitrogens with two attached hydrogens (primary N) is 1. The van der Waals surface area contributed by atoms with Crippen molar-refractivity contribution in [3.8, 4) is 0 Å². The number of hydrogen-bond acceptors (Lipinski definition) is 3. The van der Waals surface area contributed by atoms with Crippen LogP contribution in [0.5, 0.6) is 0 Å². The molecule has 3 heteroatoms. The summed E-state index contributed by atoms with van der Waals surface area (Å²) in [6.45, 7) is 5.82. The van der Waals surface area contributed by atoms with Crippen LogP contribution in [0, 0.1) is 13.8 Å². The van der Waals surface area contributed by atoms with Crippen molar-refractivity contribution in [3.05, 3.63) is 58.8 Å². The third-order valence-corrected chi connectivity index (χ3v) is 3.43. The van der Waals surface area contributed by atoms with Crippen LogP contribution in [-0.2, 0) is 5.60 Å². The molecule has 0 saturated carbocycles. The molecule has 0 aliphatic heterocycles. The van der Waals surface area contributed by atoms with Crippen LogP contribution < -0.4 is 5.73 Å². The Labute approximate surface area is 107 Å². The second-order valence-electron chi connectivity index (χ2n) is 4.81. The highest BCUT2D eigenvalue weighted by atomic mass is 16.3. The maximum atomic E-state index is 10.7. The van der Waals surface area contributed by atoms with E-state index in [1.807, 2.05) is 32.0 Å². The molecular weight excluding hydrogens is 224 g/mol. The number of aryl methyl sites for hydroxylation is 2. The van der Waals surface area contributed by atoms with Crippen LogP contribution in [0.1, 0.15) is 29.2 Å². The third kappa shape index (κ3) is 2.09. The van der Waals surface area contributed by atoms with E-state index < -0.39 is 5.60 Å². The predicted octanol–water partition coefficient (Wildman–Crippen LogP) is 2.54.